The van der Waals surface area contributed by atoms with Crippen LogP contribution in [-0.2, 0) is 23.2 Å². The molecular weight excluding hydrogens is 526 g/mol. The van der Waals surface area contributed by atoms with Crippen LogP contribution in [0.25, 0.3) is 10.9 Å². The highest BCUT2D eigenvalue weighted by Crippen LogP contribution is 2.31. The summed E-state index contributed by atoms with van der Waals surface area (Å²) in [6.45, 7) is 7.43. The van der Waals surface area contributed by atoms with Crippen molar-refractivity contribution in [2.24, 2.45) is 0 Å². The van der Waals surface area contributed by atoms with Gasteiger partial charge in [0.25, 0.3) is 5.91 Å². The Morgan fingerprint density at radius 2 is 1.64 bits per heavy atom. The van der Waals surface area contributed by atoms with E-state index in [1.807, 2.05) is 65.7 Å². The summed E-state index contributed by atoms with van der Waals surface area (Å²) in [5, 5.41) is 1.16. The summed E-state index contributed by atoms with van der Waals surface area (Å²) in [7, 11) is 3.21. The van der Waals surface area contributed by atoms with Crippen LogP contribution in [0.5, 0.6) is 11.5 Å². The van der Waals surface area contributed by atoms with Crippen molar-refractivity contribution in [3.05, 3.63) is 95.2 Å². The zero-order valence-corrected chi connectivity index (χ0v) is 25.3. The predicted octanol–water partition coefficient (Wildman–Crippen LogP) is 6.36. The van der Waals surface area contributed by atoms with E-state index in [0.717, 1.165) is 34.9 Å². The van der Waals surface area contributed by atoms with E-state index in [0.29, 0.717) is 36.6 Å². The van der Waals surface area contributed by atoms with Crippen LogP contribution in [0.2, 0.25) is 0 Å². The molecule has 7 heteroatoms. The third kappa shape index (κ3) is 6.62. The Bertz CT molecular complexity index is 1550. The minimum atomic E-state index is -0.0889. The van der Waals surface area contributed by atoms with Crippen LogP contribution >= 0.6 is 0 Å². The number of hydrogen-bond acceptors (Lipinski definition) is 4. The molecule has 2 amide bonds. The summed E-state index contributed by atoms with van der Waals surface area (Å²) in [5.41, 5.74) is 4.96. The molecule has 0 radical (unpaired) electrons. The number of H-pyrrole nitrogens is 1. The van der Waals surface area contributed by atoms with E-state index in [1.54, 1.807) is 19.1 Å². The lowest BCUT2D eigenvalue weighted by molar-refractivity contribution is -0.132. The maximum absolute atomic E-state index is 14.0. The molecule has 1 heterocycles. The molecule has 1 N–H and O–H groups in total. The van der Waals surface area contributed by atoms with E-state index < -0.39 is 0 Å². The minimum absolute atomic E-state index is 0.00313. The Morgan fingerprint density at radius 1 is 0.929 bits per heavy atom. The number of carbonyl (C=O) groups excluding carboxylic acids is 2. The third-order valence-corrected chi connectivity index (χ3v) is 8.05. The average Bonchev–Trinajstić information content (AvgIpc) is 3.76. The molecule has 0 aliphatic heterocycles. The molecule has 1 aliphatic carbocycles. The minimum Gasteiger partial charge on any atom is -0.493 e. The Hall–Kier alpha value is -4.26. The van der Waals surface area contributed by atoms with Crippen molar-refractivity contribution in [1.82, 2.24) is 14.8 Å². The molecular formula is C35H41N3O4. The van der Waals surface area contributed by atoms with E-state index >= 15 is 0 Å². The number of benzene rings is 3. The van der Waals surface area contributed by atoms with Crippen LogP contribution in [-0.4, -0.2) is 59.9 Å². The fraction of sp³-hybridized carbons (Fsp3) is 0.371. The molecule has 0 saturated heterocycles. The number of para-hydroxylation sites is 1. The number of aromatic amines is 1. The van der Waals surface area contributed by atoms with E-state index in [2.05, 4.69) is 37.9 Å². The fourth-order valence-corrected chi connectivity index (χ4v) is 5.36. The van der Waals surface area contributed by atoms with E-state index in [9.17, 15) is 9.59 Å². The first kappa shape index (κ1) is 29.2. The normalized spacial score (nSPS) is 13.2. The van der Waals surface area contributed by atoms with Gasteiger partial charge in [0, 0.05) is 41.8 Å². The molecule has 1 saturated carbocycles. The molecule has 0 unspecified atom stereocenters. The number of rotatable bonds is 11. The number of aromatic nitrogens is 1. The number of methoxy groups -OCH3 is 2. The summed E-state index contributed by atoms with van der Waals surface area (Å²) in [6.07, 6.45) is 4.55. The van der Waals surface area contributed by atoms with Gasteiger partial charge < -0.3 is 24.3 Å². The molecule has 7 nitrogen and oxygen atoms in total. The zero-order valence-electron chi connectivity index (χ0n) is 25.3. The topological polar surface area (TPSA) is 74.9 Å². The number of amides is 2. The lowest BCUT2D eigenvalue weighted by atomic mass is 9.86. The number of ether oxygens (including phenoxy) is 2. The number of nitrogens with zero attached hydrogens (tertiary/aromatic N) is 2. The Kier molecular flexibility index (Phi) is 8.57. The standard InChI is InChI=1S/C35H41N3O4/c1-35(2,3)27-13-11-25(12-14-27)34(40)38(28-15-16-28)23-33(39)37(22-24-10-17-31(41-4)32(20-24)42-5)19-18-26-21-36-30-9-7-6-8-29(26)30/h6-14,17,20-21,28,36H,15-16,18-19,22-23H2,1-5H3. The maximum Gasteiger partial charge on any atom is 0.254 e. The monoisotopic (exact) mass is 567 g/mol. The summed E-state index contributed by atoms with van der Waals surface area (Å²) < 4.78 is 10.9. The highest BCUT2D eigenvalue weighted by Gasteiger charge is 2.35. The molecule has 5 rings (SSSR count). The first-order chi connectivity index (χ1) is 20.2. The second-order valence-corrected chi connectivity index (χ2v) is 12.1. The Labute approximate surface area is 248 Å². The molecule has 42 heavy (non-hydrogen) atoms. The Balaban J connectivity index is 1.37. The summed E-state index contributed by atoms with van der Waals surface area (Å²) in [4.78, 5) is 34.6. The van der Waals surface area contributed by atoms with Gasteiger partial charge in [-0.05, 0) is 71.7 Å². The first-order valence-corrected chi connectivity index (χ1v) is 14.6. The lowest BCUT2D eigenvalue weighted by Gasteiger charge is -2.28. The van der Waals surface area contributed by atoms with Crippen molar-refractivity contribution in [3.8, 4) is 11.5 Å². The highest BCUT2D eigenvalue weighted by atomic mass is 16.5. The van der Waals surface area contributed by atoms with Crippen LogP contribution in [0, 0.1) is 0 Å². The summed E-state index contributed by atoms with van der Waals surface area (Å²) in [6, 6.07) is 21.8. The van der Waals surface area contributed by atoms with Gasteiger partial charge in [-0.15, -0.1) is 0 Å². The SMILES string of the molecule is COc1ccc(CN(CCc2c[nH]c3ccccc23)C(=O)CN(C(=O)c2ccc(C(C)(C)C)cc2)C2CC2)cc1OC. The maximum atomic E-state index is 14.0. The molecule has 220 valence electrons. The molecule has 0 spiro atoms. The van der Waals surface area contributed by atoms with E-state index in [1.165, 1.54) is 5.56 Å². The lowest BCUT2D eigenvalue weighted by Crippen LogP contribution is -2.44. The van der Waals surface area contributed by atoms with Gasteiger partial charge in [-0.3, -0.25) is 9.59 Å². The van der Waals surface area contributed by atoms with Gasteiger partial charge in [-0.2, -0.15) is 0 Å². The fourth-order valence-electron chi connectivity index (χ4n) is 5.36. The van der Waals surface area contributed by atoms with E-state index in [4.69, 9.17) is 9.47 Å². The van der Waals surface area contributed by atoms with Gasteiger partial charge in [-0.25, -0.2) is 0 Å². The first-order valence-electron chi connectivity index (χ1n) is 14.6. The zero-order chi connectivity index (χ0) is 29.9. The van der Waals surface area contributed by atoms with Crippen molar-refractivity contribution in [1.29, 1.82) is 0 Å². The van der Waals surface area contributed by atoms with Gasteiger partial charge in [0.05, 0.1) is 14.2 Å². The molecule has 3 aromatic carbocycles. The molecule has 0 atom stereocenters. The van der Waals surface area contributed by atoms with Crippen molar-refractivity contribution in [3.63, 3.8) is 0 Å². The number of hydrogen-bond donors (Lipinski definition) is 1. The van der Waals surface area contributed by atoms with E-state index in [-0.39, 0.29) is 29.8 Å². The summed E-state index contributed by atoms with van der Waals surface area (Å²) in [5.74, 6) is 1.10. The summed E-state index contributed by atoms with van der Waals surface area (Å²) >= 11 is 0. The average molecular weight is 568 g/mol. The van der Waals surface area contributed by atoms with Crippen LogP contribution in [0.1, 0.15) is 60.7 Å². The van der Waals surface area contributed by atoms with Crippen molar-refractivity contribution in [2.45, 2.75) is 58.0 Å². The largest absolute Gasteiger partial charge is 0.493 e. The molecule has 1 aliphatic rings. The van der Waals surface area contributed by atoms with Gasteiger partial charge in [-0.1, -0.05) is 57.2 Å². The quantitative estimate of drug-likeness (QED) is 0.229. The predicted molar refractivity (Wildman–Crippen MR) is 166 cm³/mol. The van der Waals surface area contributed by atoms with Crippen molar-refractivity contribution in [2.75, 3.05) is 27.3 Å². The smallest absolute Gasteiger partial charge is 0.254 e. The van der Waals surface area contributed by atoms with Gasteiger partial charge >= 0.3 is 0 Å². The van der Waals surface area contributed by atoms with Crippen LogP contribution in [0.3, 0.4) is 0 Å². The molecule has 1 fully saturated rings. The van der Waals surface area contributed by atoms with Gasteiger partial charge in [0.15, 0.2) is 11.5 Å². The second kappa shape index (κ2) is 12.3. The van der Waals surface area contributed by atoms with Gasteiger partial charge in [0.1, 0.15) is 6.54 Å². The number of carbonyl (C=O) groups is 2. The van der Waals surface area contributed by atoms with Crippen molar-refractivity contribution >= 4 is 22.7 Å². The number of fused-ring (bicyclic) bond motifs is 1. The Morgan fingerprint density at radius 3 is 2.31 bits per heavy atom. The third-order valence-electron chi connectivity index (χ3n) is 8.05. The van der Waals surface area contributed by atoms with Crippen LogP contribution < -0.4 is 9.47 Å². The second-order valence-electron chi connectivity index (χ2n) is 12.1. The van der Waals surface area contributed by atoms with Gasteiger partial charge in [0.2, 0.25) is 5.91 Å². The highest BCUT2D eigenvalue weighted by molar-refractivity contribution is 5.97. The molecule has 4 aromatic rings. The van der Waals surface area contributed by atoms with Crippen molar-refractivity contribution < 1.29 is 19.1 Å². The number of nitrogens with one attached hydrogen (secondary N) is 1. The molecule has 1 aromatic heterocycles. The van der Waals surface area contributed by atoms with Crippen LogP contribution in [0.15, 0.2) is 72.9 Å². The molecule has 0 bridgehead atoms. The van der Waals surface area contributed by atoms with Crippen LogP contribution in [0.4, 0.5) is 0 Å².